The minimum Gasteiger partial charge on any atom is -0.480 e. The fraction of sp³-hybridized carbons (Fsp3) is 0.333. The van der Waals surface area contributed by atoms with E-state index < -0.39 is 41.8 Å². The number of H-pyrrole nitrogens is 1. The molecule has 0 aliphatic carbocycles. The number of carbonyl (C=O) groups is 2. The summed E-state index contributed by atoms with van der Waals surface area (Å²) in [5.74, 6) is -2.92. The summed E-state index contributed by atoms with van der Waals surface area (Å²) in [6.07, 6.45) is -6.52. The molecule has 0 aliphatic rings. The van der Waals surface area contributed by atoms with Crippen LogP contribution in [-0.2, 0) is 11.3 Å². The van der Waals surface area contributed by atoms with Crippen molar-refractivity contribution in [2.75, 3.05) is 0 Å². The van der Waals surface area contributed by atoms with Gasteiger partial charge in [0.1, 0.15) is 6.04 Å². The molecule has 1 atom stereocenters. The molecule has 3 N–H and O–H groups in total. The van der Waals surface area contributed by atoms with Crippen molar-refractivity contribution >= 4 is 22.8 Å². The van der Waals surface area contributed by atoms with Crippen molar-refractivity contribution in [3.8, 4) is 0 Å². The van der Waals surface area contributed by atoms with E-state index in [1.807, 2.05) is 0 Å². The second-order valence-corrected chi connectivity index (χ2v) is 5.42. The lowest BCUT2D eigenvalue weighted by molar-refractivity contribution is -0.157. The molecule has 11 heteroatoms. The number of carboxylic acid groups (broad SMARTS) is 1. The van der Waals surface area contributed by atoms with Gasteiger partial charge in [0.05, 0.1) is 17.3 Å². The summed E-state index contributed by atoms with van der Waals surface area (Å²) in [6, 6.07) is 1.32. The maximum Gasteiger partial charge on any atom is 0.391 e. The van der Waals surface area contributed by atoms with E-state index >= 15 is 0 Å². The molecule has 140 valence electrons. The van der Waals surface area contributed by atoms with Crippen LogP contribution in [0, 0.1) is 0 Å². The summed E-state index contributed by atoms with van der Waals surface area (Å²) in [5.41, 5.74) is -1.47. The van der Waals surface area contributed by atoms with Crippen LogP contribution >= 0.6 is 0 Å². The number of nitrogens with one attached hydrogen (secondary N) is 2. The Kier molecular flexibility index (Phi) is 5.19. The first-order valence-electron chi connectivity index (χ1n) is 7.40. The topological polar surface area (TPSA) is 121 Å². The summed E-state index contributed by atoms with van der Waals surface area (Å²) < 4.78 is 38.1. The van der Waals surface area contributed by atoms with Crippen LogP contribution in [0.5, 0.6) is 0 Å². The van der Waals surface area contributed by atoms with Gasteiger partial charge in [0.25, 0.3) is 11.5 Å². The number of nitrogens with zero attached hydrogens (tertiary/aromatic N) is 1. The molecule has 0 saturated carbocycles. The molecule has 1 aromatic carbocycles. The molecule has 0 bridgehead atoms. The summed E-state index contributed by atoms with van der Waals surface area (Å²) in [6.45, 7) is 1.72. The largest absolute Gasteiger partial charge is 0.480 e. The second kappa shape index (κ2) is 7.02. The van der Waals surface area contributed by atoms with Crippen molar-refractivity contribution in [1.29, 1.82) is 0 Å². The van der Waals surface area contributed by atoms with Crippen LogP contribution in [0.3, 0.4) is 0 Å². The summed E-state index contributed by atoms with van der Waals surface area (Å²) in [4.78, 5) is 49.3. The number of alkyl halides is 3. The van der Waals surface area contributed by atoms with Crippen molar-refractivity contribution in [3.63, 3.8) is 0 Å². The summed E-state index contributed by atoms with van der Waals surface area (Å²) in [5, 5.41) is 10.7. The predicted molar refractivity (Wildman–Crippen MR) is 84.1 cm³/mol. The van der Waals surface area contributed by atoms with Gasteiger partial charge < -0.3 is 15.4 Å². The Labute approximate surface area is 143 Å². The Morgan fingerprint density at radius 3 is 2.50 bits per heavy atom. The third-order valence-corrected chi connectivity index (χ3v) is 3.60. The highest BCUT2D eigenvalue weighted by molar-refractivity contribution is 5.99. The van der Waals surface area contributed by atoms with Crippen LogP contribution < -0.4 is 16.6 Å². The number of hydrogen-bond acceptors (Lipinski definition) is 4. The fourth-order valence-corrected chi connectivity index (χ4v) is 2.36. The molecular formula is C15H14F3N3O5. The van der Waals surface area contributed by atoms with Crippen molar-refractivity contribution < 1.29 is 27.9 Å². The van der Waals surface area contributed by atoms with Crippen molar-refractivity contribution in [3.05, 3.63) is 44.6 Å². The number of aromatic nitrogens is 2. The highest BCUT2D eigenvalue weighted by Gasteiger charge is 2.36. The lowest BCUT2D eigenvalue weighted by atomic mass is 10.1. The van der Waals surface area contributed by atoms with E-state index in [-0.39, 0.29) is 23.0 Å². The average molecular weight is 373 g/mol. The average Bonchev–Trinajstić information content (AvgIpc) is 2.52. The molecule has 0 fully saturated rings. The lowest BCUT2D eigenvalue weighted by Crippen LogP contribution is -2.43. The number of carboxylic acids is 1. The molecule has 8 nitrogen and oxygen atoms in total. The van der Waals surface area contributed by atoms with Gasteiger partial charge in [-0.3, -0.25) is 14.2 Å². The Balaban J connectivity index is 2.37. The van der Waals surface area contributed by atoms with Crippen LogP contribution in [0.15, 0.2) is 27.8 Å². The van der Waals surface area contributed by atoms with Gasteiger partial charge in [-0.2, -0.15) is 13.2 Å². The number of aromatic amines is 1. The number of aliphatic carboxylic acids is 1. The first kappa shape index (κ1) is 19.2. The van der Waals surface area contributed by atoms with E-state index in [2.05, 4.69) is 4.98 Å². The molecule has 2 aromatic rings. The molecule has 0 aliphatic heterocycles. The zero-order valence-corrected chi connectivity index (χ0v) is 13.4. The maximum atomic E-state index is 12.4. The first-order chi connectivity index (χ1) is 12.0. The molecule has 0 radical (unpaired) electrons. The van der Waals surface area contributed by atoms with Gasteiger partial charge in [-0.15, -0.1) is 0 Å². The summed E-state index contributed by atoms with van der Waals surface area (Å²) >= 11 is 0. The van der Waals surface area contributed by atoms with Gasteiger partial charge in [-0.1, -0.05) is 0 Å². The third kappa shape index (κ3) is 4.10. The third-order valence-electron chi connectivity index (χ3n) is 3.60. The Bertz CT molecular complexity index is 977. The number of benzene rings is 1. The zero-order chi connectivity index (χ0) is 19.6. The molecule has 1 aromatic heterocycles. The number of fused-ring (bicyclic) bond motifs is 1. The van der Waals surface area contributed by atoms with E-state index in [0.29, 0.717) is 0 Å². The van der Waals surface area contributed by atoms with Crippen LogP contribution in [0.25, 0.3) is 10.9 Å². The van der Waals surface area contributed by atoms with Crippen LogP contribution in [0.4, 0.5) is 13.2 Å². The highest BCUT2D eigenvalue weighted by Crippen LogP contribution is 2.22. The molecule has 26 heavy (non-hydrogen) atoms. The van der Waals surface area contributed by atoms with E-state index in [1.165, 1.54) is 6.07 Å². The maximum absolute atomic E-state index is 12.4. The molecule has 0 unspecified atom stereocenters. The van der Waals surface area contributed by atoms with Crippen LogP contribution in [0.2, 0.25) is 0 Å². The zero-order valence-electron chi connectivity index (χ0n) is 13.4. The van der Waals surface area contributed by atoms with Gasteiger partial charge in [-0.05, 0) is 25.1 Å². The SMILES string of the molecule is CCn1c(=O)[nH]c2cc(C(=O)N[C@@H](CC(F)(F)F)C(=O)O)ccc2c1=O. The van der Waals surface area contributed by atoms with E-state index in [4.69, 9.17) is 5.11 Å². The van der Waals surface area contributed by atoms with E-state index in [9.17, 15) is 32.3 Å². The molecule has 0 spiro atoms. The Morgan fingerprint density at radius 1 is 1.31 bits per heavy atom. The standard InChI is InChI=1S/C15H14F3N3O5/c1-2-21-12(23)8-4-3-7(5-9(8)20-14(21)26)11(22)19-10(13(24)25)6-15(16,17)18/h3-5,10H,2,6H2,1H3,(H,19,22)(H,20,26)(H,24,25)/t10-/m0/s1. The van der Waals surface area contributed by atoms with E-state index in [0.717, 1.165) is 16.7 Å². The Hall–Kier alpha value is -3.11. The monoisotopic (exact) mass is 373 g/mol. The number of rotatable bonds is 5. The molecule has 1 heterocycles. The van der Waals surface area contributed by atoms with Crippen molar-refractivity contribution in [1.82, 2.24) is 14.9 Å². The van der Waals surface area contributed by atoms with Crippen molar-refractivity contribution in [2.45, 2.75) is 32.1 Å². The molecule has 2 rings (SSSR count). The van der Waals surface area contributed by atoms with Crippen molar-refractivity contribution in [2.24, 2.45) is 0 Å². The number of amides is 1. The quantitative estimate of drug-likeness (QED) is 0.717. The fourth-order valence-electron chi connectivity index (χ4n) is 2.36. The lowest BCUT2D eigenvalue weighted by Gasteiger charge is -2.16. The molecule has 1 amide bonds. The predicted octanol–water partition coefficient (Wildman–Crippen LogP) is 0.845. The Morgan fingerprint density at radius 2 is 1.96 bits per heavy atom. The van der Waals surface area contributed by atoms with Gasteiger partial charge in [0, 0.05) is 12.1 Å². The summed E-state index contributed by atoms with van der Waals surface area (Å²) in [7, 11) is 0. The smallest absolute Gasteiger partial charge is 0.391 e. The van der Waals surface area contributed by atoms with Gasteiger partial charge in [0.2, 0.25) is 0 Å². The van der Waals surface area contributed by atoms with Crippen LogP contribution in [0.1, 0.15) is 23.7 Å². The van der Waals surface area contributed by atoms with Gasteiger partial charge >= 0.3 is 17.8 Å². The number of carbonyl (C=O) groups excluding carboxylic acids is 1. The van der Waals surface area contributed by atoms with Crippen LogP contribution in [-0.4, -0.2) is 38.8 Å². The minimum absolute atomic E-state index is 0.0139. The normalized spacial score (nSPS) is 12.8. The molecular weight excluding hydrogens is 359 g/mol. The highest BCUT2D eigenvalue weighted by atomic mass is 19.4. The van der Waals surface area contributed by atoms with Gasteiger partial charge in [-0.25, -0.2) is 9.59 Å². The van der Waals surface area contributed by atoms with E-state index in [1.54, 1.807) is 12.2 Å². The first-order valence-corrected chi connectivity index (χ1v) is 7.40. The second-order valence-electron chi connectivity index (χ2n) is 5.42. The molecule has 0 saturated heterocycles. The van der Waals surface area contributed by atoms with Gasteiger partial charge in [0.15, 0.2) is 0 Å². The minimum atomic E-state index is -4.78. The number of hydrogen-bond donors (Lipinski definition) is 3. The number of halogens is 3.